The molecule has 0 aromatic carbocycles. The molecule has 0 aromatic heterocycles. The zero-order valence-corrected chi connectivity index (χ0v) is 19.7. The number of thioether (sulfide) groups is 1. The van der Waals surface area contributed by atoms with E-state index in [2.05, 4.69) is 25.7 Å². The molecule has 0 spiro atoms. The molecule has 0 aromatic rings. The summed E-state index contributed by atoms with van der Waals surface area (Å²) in [7, 11) is 2.47. The number of unbranched alkanes of at least 4 members (excludes halogenated alkanes) is 15. The van der Waals surface area contributed by atoms with Gasteiger partial charge in [-0.1, -0.05) is 96.8 Å². The van der Waals surface area contributed by atoms with Gasteiger partial charge in [0.05, 0.1) is 20.1 Å². The Morgan fingerprint density at radius 1 is 0.654 bits per heavy atom. The molecule has 1 nitrogen and oxygen atoms in total. The fourth-order valence-corrected chi connectivity index (χ4v) is 5.28. The van der Waals surface area contributed by atoms with Crippen LogP contribution in [0.15, 0.2) is 0 Å². The predicted octanol–water partition coefficient (Wildman–Crippen LogP) is 4.79. The Morgan fingerprint density at radius 2 is 1.08 bits per heavy atom. The van der Waals surface area contributed by atoms with E-state index in [9.17, 15) is 0 Å². The summed E-state index contributed by atoms with van der Waals surface area (Å²) in [6.45, 7) is 5.15. The highest BCUT2D eigenvalue weighted by molar-refractivity contribution is 7.99. The van der Waals surface area contributed by atoms with Gasteiger partial charge < -0.3 is 16.9 Å². The van der Waals surface area contributed by atoms with Gasteiger partial charge in [-0.3, -0.25) is 0 Å². The molecule has 3 heteroatoms. The van der Waals surface area contributed by atoms with E-state index in [1.807, 2.05) is 0 Å². The van der Waals surface area contributed by atoms with Gasteiger partial charge in [-0.2, -0.15) is 0 Å². The molecular weight excluding hydrogens is 358 g/mol. The zero-order chi connectivity index (χ0) is 18.1. The highest BCUT2D eigenvalue weighted by Gasteiger charge is 2.23. The first-order chi connectivity index (χ1) is 12.3. The van der Waals surface area contributed by atoms with Gasteiger partial charge in [-0.25, -0.2) is 0 Å². The fourth-order valence-electron chi connectivity index (χ4n) is 4.12. The highest BCUT2D eigenvalue weighted by Crippen LogP contribution is 2.21. The van der Waals surface area contributed by atoms with Crippen LogP contribution in [0.2, 0.25) is 0 Å². The summed E-state index contributed by atoms with van der Waals surface area (Å²) >= 11 is 2.16. The lowest BCUT2D eigenvalue weighted by molar-refractivity contribution is -0.898. The van der Waals surface area contributed by atoms with Gasteiger partial charge in [0.25, 0.3) is 0 Å². The first-order valence-electron chi connectivity index (χ1n) is 11.7. The molecule has 0 saturated carbocycles. The third kappa shape index (κ3) is 15.6. The summed E-state index contributed by atoms with van der Waals surface area (Å²) in [6.07, 6.45) is 25.0. The maximum atomic E-state index is 2.47. The molecule has 1 saturated heterocycles. The second kappa shape index (κ2) is 18.9. The molecule has 0 aliphatic carbocycles. The molecule has 1 unspecified atom stereocenters. The summed E-state index contributed by atoms with van der Waals surface area (Å²) in [5, 5.41) is 0. The lowest BCUT2D eigenvalue weighted by Crippen LogP contribution is -3.00. The number of halogens is 1. The van der Waals surface area contributed by atoms with E-state index in [1.165, 1.54) is 138 Å². The van der Waals surface area contributed by atoms with Crippen LogP contribution in [0.25, 0.3) is 0 Å². The van der Waals surface area contributed by atoms with Crippen LogP contribution < -0.4 is 12.4 Å². The predicted molar refractivity (Wildman–Crippen MR) is 117 cm³/mol. The number of nitrogens with zero attached hydrogens (tertiary/aromatic N) is 1. The smallest absolute Gasteiger partial charge is 0.125 e. The van der Waals surface area contributed by atoms with Crippen molar-refractivity contribution >= 4 is 11.8 Å². The van der Waals surface area contributed by atoms with Crippen LogP contribution in [0.4, 0.5) is 0 Å². The van der Waals surface area contributed by atoms with Crippen LogP contribution in [0.1, 0.15) is 116 Å². The Bertz CT molecular complexity index is 279. The van der Waals surface area contributed by atoms with E-state index in [0.29, 0.717) is 0 Å². The summed E-state index contributed by atoms with van der Waals surface area (Å²) in [5.41, 5.74) is 0. The summed E-state index contributed by atoms with van der Waals surface area (Å²) < 4.78 is 1.34. The summed E-state index contributed by atoms with van der Waals surface area (Å²) in [4.78, 5) is 0. The average Bonchev–Trinajstić information content (AvgIpc) is 2.62. The van der Waals surface area contributed by atoms with E-state index in [4.69, 9.17) is 0 Å². The lowest BCUT2D eigenvalue weighted by atomic mass is 10.0. The van der Waals surface area contributed by atoms with Crippen molar-refractivity contribution in [1.29, 1.82) is 0 Å². The fraction of sp³-hybridized carbons (Fsp3) is 1.00. The number of hydrogen-bond donors (Lipinski definition) is 0. The van der Waals surface area contributed by atoms with Crippen LogP contribution in [-0.2, 0) is 0 Å². The third-order valence-corrected chi connectivity index (χ3v) is 7.32. The Hall–Kier alpha value is 0.600. The molecule has 0 amide bonds. The number of quaternary nitrogens is 1. The number of hydrogen-bond acceptors (Lipinski definition) is 1. The molecule has 0 N–H and O–H groups in total. The summed E-state index contributed by atoms with van der Waals surface area (Å²) in [6, 6.07) is 0. The molecule has 158 valence electrons. The molecule has 1 atom stereocenters. The Balaban J connectivity index is 0.00000625. The highest BCUT2D eigenvalue weighted by atomic mass is 35.5. The van der Waals surface area contributed by atoms with Crippen molar-refractivity contribution in [2.24, 2.45) is 0 Å². The van der Waals surface area contributed by atoms with Crippen molar-refractivity contribution in [3.05, 3.63) is 0 Å². The molecule has 1 fully saturated rings. The van der Waals surface area contributed by atoms with Crippen LogP contribution in [0.3, 0.4) is 0 Å². The van der Waals surface area contributed by atoms with Crippen LogP contribution in [0, 0.1) is 0 Å². The largest absolute Gasteiger partial charge is 1.00 e. The Morgan fingerprint density at radius 3 is 1.46 bits per heavy atom. The molecule has 1 heterocycles. The molecule has 1 aliphatic rings. The number of rotatable bonds is 17. The minimum atomic E-state index is 0. The van der Waals surface area contributed by atoms with E-state index in [1.54, 1.807) is 0 Å². The maximum absolute atomic E-state index is 2.47. The monoisotopic (exact) mass is 405 g/mol. The normalized spacial score (nSPS) is 20.1. The van der Waals surface area contributed by atoms with Gasteiger partial charge >= 0.3 is 0 Å². The van der Waals surface area contributed by atoms with Crippen molar-refractivity contribution in [2.45, 2.75) is 116 Å². The third-order valence-electron chi connectivity index (χ3n) is 5.94. The van der Waals surface area contributed by atoms with E-state index in [-0.39, 0.29) is 12.4 Å². The maximum Gasteiger partial charge on any atom is 0.125 e. The molecule has 26 heavy (non-hydrogen) atoms. The Labute approximate surface area is 176 Å². The van der Waals surface area contributed by atoms with E-state index < -0.39 is 0 Å². The van der Waals surface area contributed by atoms with Crippen molar-refractivity contribution < 1.29 is 16.9 Å². The van der Waals surface area contributed by atoms with Gasteiger partial charge in [0.1, 0.15) is 5.88 Å². The molecule has 1 aliphatic heterocycles. The minimum absolute atomic E-state index is 0. The zero-order valence-electron chi connectivity index (χ0n) is 18.1. The minimum Gasteiger partial charge on any atom is -1.00 e. The molecule has 1 rings (SSSR count). The van der Waals surface area contributed by atoms with Crippen molar-refractivity contribution in [2.75, 3.05) is 31.8 Å². The molecule has 0 bridgehead atoms. The van der Waals surface area contributed by atoms with E-state index >= 15 is 0 Å². The van der Waals surface area contributed by atoms with Gasteiger partial charge in [0, 0.05) is 12.2 Å². The van der Waals surface area contributed by atoms with Gasteiger partial charge in [-0.05, 0) is 12.8 Å². The van der Waals surface area contributed by atoms with Crippen molar-refractivity contribution in [3.63, 3.8) is 0 Å². The van der Waals surface area contributed by atoms with Crippen LogP contribution >= 0.6 is 11.8 Å². The summed E-state index contributed by atoms with van der Waals surface area (Å²) in [5.74, 6) is 2.76. The average molecular weight is 406 g/mol. The second-order valence-corrected chi connectivity index (χ2v) is 9.84. The van der Waals surface area contributed by atoms with Gasteiger partial charge in [-0.15, -0.1) is 11.8 Å². The first kappa shape index (κ1) is 26.6. The van der Waals surface area contributed by atoms with Crippen molar-refractivity contribution in [1.82, 2.24) is 0 Å². The van der Waals surface area contributed by atoms with Crippen molar-refractivity contribution in [3.8, 4) is 0 Å². The lowest BCUT2D eigenvalue weighted by Gasteiger charge is -2.37. The standard InChI is InChI=1S/C23H48NS.ClH/c1-3-4-5-6-7-8-9-10-11-12-13-14-15-16-17-18-20-24(2)21-19-22-25-23-24;/h3-23H2,1-2H3;1H/q+1;/p-1. The molecule has 0 radical (unpaired) electrons. The quantitative estimate of drug-likeness (QED) is 0.247. The SMILES string of the molecule is CCCCCCCCCCCCCCCCCC[N+]1(C)CCCSC1.[Cl-]. The van der Waals surface area contributed by atoms with Gasteiger partial charge in [0.15, 0.2) is 0 Å². The van der Waals surface area contributed by atoms with Crippen LogP contribution in [0.5, 0.6) is 0 Å². The van der Waals surface area contributed by atoms with Crippen LogP contribution in [-0.4, -0.2) is 36.2 Å². The molecular formula is C23H48ClNS. The van der Waals surface area contributed by atoms with E-state index in [0.717, 1.165) is 0 Å². The van der Waals surface area contributed by atoms with Gasteiger partial charge in [0.2, 0.25) is 0 Å². The second-order valence-electron chi connectivity index (χ2n) is 8.76. The first-order valence-corrected chi connectivity index (χ1v) is 12.8. The topological polar surface area (TPSA) is 0 Å². The Kier molecular flexibility index (Phi) is 19.4.